The summed E-state index contributed by atoms with van der Waals surface area (Å²) in [6.07, 6.45) is 2.14. The number of hydrogen-bond acceptors (Lipinski definition) is 4. The van der Waals surface area contributed by atoms with Crippen LogP contribution < -0.4 is 15.5 Å². The minimum atomic E-state index is -0.349. The normalized spacial score (nSPS) is 15.1. The van der Waals surface area contributed by atoms with E-state index in [0.717, 1.165) is 11.4 Å². The number of likely N-dealkylation sites (N-methyl/N-ethyl adjacent to an activating group) is 1. The summed E-state index contributed by atoms with van der Waals surface area (Å²) >= 11 is 0. The van der Waals surface area contributed by atoms with Gasteiger partial charge in [-0.2, -0.15) is 0 Å². The molecular formula is C19H24N4O4. The van der Waals surface area contributed by atoms with Crippen LogP contribution in [-0.4, -0.2) is 55.4 Å². The third-order valence-electron chi connectivity index (χ3n) is 4.53. The number of nitrogens with zero attached hydrogens (tertiary/aromatic N) is 2. The Labute approximate surface area is 157 Å². The lowest BCUT2D eigenvalue weighted by Crippen LogP contribution is -2.35. The number of carbonyl (C=O) groups excluding carboxylic acids is 2. The Morgan fingerprint density at radius 1 is 1.26 bits per heavy atom. The molecule has 1 aliphatic rings. The number of hydrogen-bond donors (Lipinski definition) is 3. The third-order valence-corrected chi connectivity index (χ3v) is 4.53. The second-order valence-corrected chi connectivity index (χ2v) is 6.57. The summed E-state index contributed by atoms with van der Waals surface area (Å²) in [5.41, 5.74) is 1.43. The molecule has 2 aromatic rings. The van der Waals surface area contributed by atoms with E-state index >= 15 is 0 Å². The number of rotatable bonds is 7. The summed E-state index contributed by atoms with van der Waals surface area (Å²) in [6, 6.07) is 10.4. The van der Waals surface area contributed by atoms with Crippen molar-refractivity contribution in [2.24, 2.45) is 5.92 Å². The van der Waals surface area contributed by atoms with E-state index in [1.165, 1.54) is 0 Å². The van der Waals surface area contributed by atoms with Crippen molar-refractivity contribution in [3.63, 3.8) is 0 Å². The van der Waals surface area contributed by atoms with Crippen LogP contribution in [0.25, 0.3) is 0 Å². The SMILES string of the molecule is CN1CCN(c2ccc(NC(=O)NC[C@@H](CO)Cc3ccco3)cc2)C1=O. The van der Waals surface area contributed by atoms with Crippen molar-refractivity contribution < 1.29 is 19.1 Å². The molecule has 4 amide bonds. The maximum Gasteiger partial charge on any atom is 0.324 e. The average molecular weight is 372 g/mol. The maximum absolute atomic E-state index is 12.1. The van der Waals surface area contributed by atoms with Crippen molar-refractivity contribution in [1.29, 1.82) is 0 Å². The van der Waals surface area contributed by atoms with E-state index in [1.54, 1.807) is 53.4 Å². The Kier molecular flexibility index (Phi) is 5.97. The van der Waals surface area contributed by atoms with Gasteiger partial charge in [-0.15, -0.1) is 0 Å². The van der Waals surface area contributed by atoms with Gasteiger partial charge in [0.25, 0.3) is 0 Å². The van der Waals surface area contributed by atoms with E-state index in [4.69, 9.17) is 4.42 Å². The van der Waals surface area contributed by atoms with E-state index in [9.17, 15) is 14.7 Å². The highest BCUT2D eigenvalue weighted by Gasteiger charge is 2.26. The number of benzene rings is 1. The lowest BCUT2D eigenvalue weighted by atomic mass is 10.1. The molecule has 1 saturated heterocycles. The molecule has 1 atom stereocenters. The van der Waals surface area contributed by atoms with Gasteiger partial charge >= 0.3 is 12.1 Å². The highest BCUT2D eigenvalue weighted by atomic mass is 16.3. The van der Waals surface area contributed by atoms with E-state index in [2.05, 4.69) is 10.6 Å². The number of urea groups is 2. The molecule has 0 spiro atoms. The van der Waals surface area contributed by atoms with Gasteiger partial charge in [-0.3, -0.25) is 4.90 Å². The van der Waals surface area contributed by atoms with Crippen molar-refractivity contribution in [3.05, 3.63) is 48.4 Å². The number of amides is 4. The predicted molar refractivity (Wildman–Crippen MR) is 102 cm³/mol. The summed E-state index contributed by atoms with van der Waals surface area (Å²) in [7, 11) is 1.77. The van der Waals surface area contributed by atoms with E-state index in [1.807, 2.05) is 6.07 Å². The van der Waals surface area contributed by atoms with E-state index in [0.29, 0.717) is 31.7 Å². The van der Waals surface area contributed by atoms with Crippen molar-refractivity contribution in [1.82, 2.24) is 10.2 Å². The lowest BCUT2D eigenvalue weighted by Gasteiger charge is -2.17. The molecule has 0 unspecified atom stereocenters. The molecule has 1 aliphatic heterocycles. The average Bonchev–Trinajstić information content (AvgIpc) is 3.30. The molecule has 2 heterocycles. The molecule has 1 fully saturated rings. The van der Waals surface area contributed by atoms with Crippen LogP contribution in [0.1, 0.15) is 5.76 Å². The van der Waals surface area contributed by atoms with Crippen molar-refractivity contribution >= 4 is 23.4 Å². The highest BCUT2D eigenvalue weighted by molar-refractivity contribution is 5.94. The van der Waals surface area contributed by atoms with Gasteiger partial charge in [-0.05, 0) is 36.4 Å². The smallest absolute Gasteiger partial charge is 0.324 e. The molecule has 0 radical (unpaired) electrons. The molecule has 144 valence electrons. The minimum Gasteiger partial charge on any atom is -0.469 e. The number of anilines is 2. The van der Waals surface area contributed by atoms with Crippen LogP contribution in [0.4, 0.5) is 21.0 Å². The molecule has 3 rings (SSSR count). The Bertz CT molecular complexity index is 761. The summed E-state index contributed by atoms with van der Waals surface area (Å²) < 4.78 is 5.27. The van der Waals surface area contributed by atoms with Gasteiger partial charge in [-0.25, -0.2) is 9.59 Å². The first-order valence-corrected chi connectivity index (χ1v) is 8.87. The first kappa shape index (κ1) is 18.8. The zero-order valence-corrected chi connectivity index (χ0v) is 15.2. The first-order chi connectivity index (χ1) is 13.1. The van der Waals surface area contributed by atoms with E-state index in [-0.39, 0.29) is 24.6 Å². The number of aliphatic hydroxyl groups excluding tert-OH is 1. The predicted octanol–water partition coefficient (Wildman–Crippen LogP) is 2.12. The second-order valence-electron chi connectivity index (χ2n) is 6.57. The first-order valence-electron chi connectivity index (χ1n) is 8.87. The Morgan fingerprint density at radius 3 is 2.63 bits per heavy atom. The van der Waals surface area contributed by atoms with Crippen molar-refractivity contribution in [2.75, 3.05) is 43.5 Å². The van der Waals surface area contributed by atoms with Crippen molar-refractivity contribution in [2.45, 2.75) is 6.42 Å². The molecule has 0 aliphatic carbocycles. The summed E-state index contributed by atoms with van der Waals surface area (Å²) in [5.74, 6) is 0.649. The van der Waals surface area contributed by atoms with Gasteiger partial charge in [0.1, 0.15) is 5.76 Å². The molecule has 0 saturated carbocycles. The minimum absolute atomic E-state index is 0.0277. The molecule has 8 nitrogen and oxygen atoms in total. The lowest BCUT2D eigenvalue weighted by molar-refractivity contribution is 0.213. The fourth-order valence-electron chi connectivity index (χ4n) is 2.94. The molecular weight excluding hydrogens is 348 g/mol. The second kappa shape index (κ2) is 8.59. The maximum atomic E-state index is 12.1. The number of nitrogens with one attached hydrogen (secondary N) is 2. The monoisotopic (exact) mass is 372 g/mol. The number of carbonyl (C=O) groups is 2. The van der Waals surface area contributed by atoms with Crippen LogP contribution in [0.5, 0.6) is 0 Å². The topological polar surface area (TPSA) is 98.1 Å². The van der Waals surface area contributed by atoms with Crippen LogP contribution in [0, 0.1) is 5.92 Å². The number of aliphatic hydroxyl groups is 1. The molecule has 1 aromatic heterocycles. The van der Waals surface area contributed by atoms with Crippen LogP contribution in [0.2, 0.25) is 0 Å². The van der Waals surface area contributed by atoms with Crippen LogP contribution in [-0.2, 0) is 6.42 Å². The van der Waals surface area contributed by atoms with Gasteiger partial charge in [0, 0.05) is 57.0 Å². The summed E-state index contributed by atoms with van der Waals surface area (Å²) in [6.45, 7) is 1.63. The fourth-order valence-corrected chi connectivity index (χ4v) is 2.94. The number of furan rings is 1. The zero-order chi connectivity index (χ0) is 19.2. The van der Waals surface area contributed by atoms with Crippen LogP contribution >= 0.6 is 0 Å². The molecule has 27 heavy (non-hydrogen) atoms. The van der Waals surface area contributed by atoms with Gasteiger partial charge in [0.15, 0.2) is 0 Å². The summed E-state index contributed by atoms with van der Waals surface area (Å²) in [5, 5.41) is 15.0. The van der Waals surface area contributed by atoms with Gasteiger partial charge < -0.3 is 25.1 Å². The Morgan fingerprint density at radius 2 is 2.04 bits per heavy atom. The largest absolute Gasteiger partial charge is 0.469 e. The van der Waals surface area contributed by atoms with Crippen molar-refractivity contribution in [3.8, 4) is 0 Å². The van der Waals surface area contributed by atoms with Crippen LogP contribution in [0.15, 0.2) is 47.1 Å². The fraction of sp³-hybridized carbons (Fsp3) is 0.368. The molecule has 1 aromatic carbocycles. The highest BCUT2D eigenvalue weighted by Crippen LogP contribution is 2.21. The molecule has 3 N–H and O–H groups in total. The van der Waals surface area contributed by atoms with Gasteiger partial charge in [0.2, 0.25) is 0 Å². The summed E-state index contributed by atoms with van der Waals surface area (Å²) in [4.78, 5) is 27.4. The van der Waals surface area contributed by atoms with Gasteiger partial charge in [-0.1, -0.05) is 0 Å². The third kappa shape index (κ3) is 4.79. The quantitative estimate of drug-likeness (QED) is 0.693. The zero-order valence-electron chi connectivity index (χ0n) is 15.2. The molecule has 8 heteroatoms. The van der Waals surface area contributed by atoms with E-state index < -0.39 is 0 Å². The standard InChI is InChI=1S/C19H24N4O4/c1-22-8-9-23(19(22)26)16-6-4-15(5-7-16)21-18(25)20-12-14(13-24)11-17-3-2-10-27-17/h2-7,10,14,24H,8-9,11-13H2,1H3,(H2,20,21,25)/t14-/m0/s1. The Balaban J connectivity index is 1.48. The Hall–Kier alpha value is -3.00. The van der Waals surface area contributed by atoms with Crippen LogP contribution in [0.3, 0.4) is 0 Å². The van der Waals surface area contributed by atoms with Gasteiger partial charge in [0.05, 0.1) is 6.26 Å². The molecule has 0 bridgehead atoms.